The van der Waals surface area contributed by atoms with E-state index in [1.54, 1.807) is 12.4 Å². The molecule has 0 atom stereocenters. The number of hydrogen-bond donors (Lipinski definition) is 1. The predicted molar refractivity (Wildman–Crippen MR) is 48.3 cm³/mol. The maximum absolute atomic E-state index is 5.70. The minimum atomic E-state index is 0.441. The van der Waals surface area contributed by atoms with Crippen LogP contribution in [0.4, 0.5) is 5.82 Å². The highest BCUT2D eigenvalue weighted by Gasteiger charge is 2.03. The summed E-state index contributed by atoms with van der Waals surface area (Å²) >= 11 is 0. The summed E-state index contributed by atoms with van der Waals surface area (Å²) in [7, 11) is 0. The van der Waals surface area contributed by atoms with E-state index in [9.17, 15) is 0 Å². The number of nitrogens with zero attached hydrogens (tertiary/aromatic N) is 4. The van der Waals surface area contributed by atoms with Crippen molar-refractivity contribution in [1.29, 1.82) is 0 Å². The van der Waals surface area contributed by atoms with Gasteiger partial charge in [0.2, 0.25) is 0 Å². The molecule has 0 bridgehead atoms. The maximum atomic E-state index is 5.70. The Bertz CT molecular complexity index is 406. The summed E-state index contributed by atoms with van der Waals surface area (Å²) in [5.74, 6) is 0.441. The smallest absolute Gasteiger partial charge is 0.151 e. The number of anilines is 1. The van der Waals surface area contributed by atoms with Crippen LogP contribution in [0.3, 0.4) is 0 Å². The van der Waals surface area contributed by atoms with Crippen LogP contribution in [0.1, 0.15) is 5.69 Å². The molecule has 0 unspecified atom stereocenters. The quantitative estimate of drug-likeness (QED) is 0.687. The Morgan fingerprint density at radius 3 is 2.54 bits per heavy atom. The van der Waals surface area contributed by atoms with Crippen molar-refractivity contribution in [2.45, 2.75) is 6.92 Å². The molecule has 0 aliphatic carbocycles. The van der Waals surface area contributed by atoms with E-state index >= 15 is 0 Å². The van der Waals surface area contributed by atoms with Gasteiger partial charge in [-0.1, -0.05) is 0 Å². The first-order valence-electron chi connectivity index (χ1n) is 3.87. The van der Waals surface area contributed by atoms with Gasteiger partial charge in [0.05, 0.1) is 12.4 Å². The summed E-state index contributed by atoms with van der Waals surface area (Å²) in [4.78, 5) is 5.55. The van der Waals surface area contributed by atoms with Crippen molar-refractivity contribution in [3.63, 3.8) is 0 Å². The molecular weight excluding hydrogens is 166 g/mol. The number of aryl methyl sites for hydroxylation is 1. The van der Waals surface area contributed by atoms with Crippen LogP contribution < -0.4 is 5.73 Å². The molecule has 2 aromatic rings. The van der Waals surface area contributed by atoms with E-state index in [1.807, 2.05) is 19.1 Å². The maximum Gasteiger partial charge on any atom is 0.151 e. The summed E-state index contributed by atoms with van der Waals surface area (Å²) < 4.78 is 0. The fourth-order valence-corrected chi connectivity index (χ4v) is 1.08. The summed E-state index contributed by atoms with van der Waals surface area (Å²) in [6.45, 7) is 1.89. The van der Waals surface area contributed by atoms with Gasteiger partial charge in [0.1, 0.15) is 5.69 Å². The van der Waals surface area contributed by atoms with E-state index in [0.717, 1.165) is 5.69 Å². The second-order valence-electron chi connectivity index (χ2n) is 2.68. The number of hydrogen-bond acceptors (Lipinski definition) is 4. The van der Waals surface area contributed by atoms with Crippen molar-refractivity contribution >= 4 is 5.82 Å². The molecule has 13 heavy (non-hydrogen) atoms. The van der Waals surface area contributed by atoms with Gasteiger partial charge in [0.25, 0.3) is 0 Å². The molecule has 0 aromatic carbocycles. The van der Waals surface area contributed by atoms with Gasteiger partial charge in [0, 0.05) is 5.69 Å². The minimum Gasteiger partial charge on any atom is -0.382 e. The Labute approximate surface area is 75.2 Å². The lowest BCUT2D eigenvalue weighted by Crippen LogP contribution is -2.05. The molecule has 0 saturated heterocycles. The fraction of sp³-hybridized carbons (Fsp3) is 0.125. The highest BCUT2D eigenvalue weighted by atomic mass is 15.5. The number of nitrogen functional groups attached to an aromatic ring is 1. The van der Waals surface area contributed by atoms with Crippen molar-refractivity contribution in [3.05, 3.63) is 30.2 Å². The van der Waals surface area contributed by atoms with Crippen LogP contribution in [-0.4, -0.2) is 20.0 Å². The molecule has 5 nitrogen and oxygen atoms in total. The third-order valence-electron chi connectivity index (χ3n) is 1.68. The highest BCUT2D eigenvalue weighted by molar-refractivity contribution is 5.51. The molecule has 0 amide bonds. The Hall–Kier alpha value is -1.91. The van der Waals surface area contributed by atoms with Crippen molar-refractivity contribution < 1.29 is 0 Å². The lowest BCUT2D eigenvalue weighted by atomic mass is 10.3. The monoisotopic (exact) mass is 175 g/mol. The van der Waals surface area contributed by atoms with Gasteiger partial charge >= 0.3 is 0 Å². The van der Waals surface area contributed by atoms with Gasteiger partial charge in [-0.05, 0) is 19.1 Å². The molecule has 0 spiro atoms. The van der Waals surface area contributed by atoms with Crippen molar-refractivity contribution in [2.24, 2.45) is 0 Å². The predicted octanol–water partition coefficient (Wildman–Crippen LogP) is 0.553. The molecule has 2 rings (SSSR count). The van der Waals surface area contributed by atoms with Crippen molar-refractivity contribution in [3.8, 4) is 5.69 Å². The van der Waals surface area contributed by atoms with Crippen molar-refractivity contribution in [2.75, 3.05) is 5.73 Å². The summed E-state index contributed by atoms with van der Waals surface area (Å²) in [6.07, 6.45) is 3.19. The first-order valence-corrected chi connectivity index (χ1v) is 3.87. The summed E-state index contributed by atoms with van der Waals surface area (Å²) in [6, 6.07) is 3.72. The zero-order valence-corrected chi connectivity index (χ0v) is 7.18. The lowest BCUT2D eigenvalue weighted by molar-refractivity contribution is 0.750. The Kier molecular flexibility index (Phi) is 1.70. The molecule has 0 aliphatic heterocycles. The molecule has 2 aromatic heterocycles. The number of rotatable bonds is 1. The molecule has 0 radical (unpaired) electrons. The van der Waals surface area contributed by atoms with Gasteiger partial charge in [-0.25, -0.2) is 4.98 Å². The SMILES string of the molecule is Cc1ccc(-n2nccn2)c(N)n1. The van der Waals surface area contributed by atoms with Gasteiger partial charge in [-0.15, -0.1) is 4.80 Å². The molecule has 5 heteroatoms. The summed E-state index contributed by atoms with van der Waals surface area (Å²) in [5, 5.41) is 7.93. The van der Waals surface area contributed by atoms with Crippen LogP contribution in [0.15, 0.2) is 24.5 Å². The van der Waals surface area contributed by atoms with Crippen LogP contribution in [0, 0.1) is 6.92 Å². The van der Waals surface area contributed by atoms with Crippen LogP contribution in [0.5, 0.6) is 0 Å². The molecule has 0 aliphatic rings. The second-order valence-corrected chi connectivity index (χ2v) is 2.68. The van der Waals surface area contributed by atoms with Crippen LogP contribution in [0.25, 0.3) is 5.69 Å². The zero-order valence-electron chi connectivity index (χ0n) is 7.18. The Morgan fingerprint density at radius 2 is 1.92 bits per heavy atom. The average Bonchev–Trinajstić information content (AvgIpc) is 2.56. The van der Waals surface area contributed by atoms with Crippen LogP contribution in [0.2, 0.25) is 0 Å². The molecule has 2 N–H and O–H groups in total. The van der Waals surface area contributed by atoms with Gasteiger partial charge in [0.15, 0.2) is 5.82 Å². The number of pyridine rings is 1. The van der Waals surface area contributed by atoms with E-state index in [0.29, 0.717) is 11.5 Å². The third kappa shape index (κ3) is 1.35. The van der Waals surface area contributed by atoms with Crippen LogP contribution >= 0.6 is 0 Å². The minimum absolute atomic E-state index is 0.441. The second kappa shape index (κ2) is 2.85. The number of nitrogens with two attached hydrogens (primary N) is 1. The molecule has 0 saturated carbocycles. The molecule has 66 valence electrons. The van der Waals surface area contributed by atoms with E-state index in [4.69, 9.17) is 5.73 Å². The summed E-state index contributed by atoms with van der Waals surface area (Å²) in [5.41, 5.74) is 7.29. The fourth-order valence-electron chi connectivity index (χ4n) is 1.08. The van der Waals surface area contributed by atoms with E-state index in [1.165, 1.54) is 4.80 Å². The van der Waals surface area contributed by atoms with E-state index < -0.39 is 0 Å². The van der Waals surface area contributed by atoms with E-state index in [-0.39, 0.29) is 0 Å². The third-order valence-corrected chi connectivity index (χ3v) is 1.68. The Balaban J connectivity index is 2.53. The number of aromatic nitrogens is 4. The van der Waals surface area contributed by atoms with Gasteiger partial charge in [-0.2, -0.15) is 10.2 Å². The largest absolute Gasteiger partial charge is 0.382 e. The average molecular weight is 175 g/mol. The molecule has 2 heterocycles. The highest BCUT2D eigenvalue weighted by Crippen LogP contribution is 2.12. The zero-order chi connectivity index (χ0) is 9.26. The van der Waals surface area contributed by atoms with Crippen LogP contribution in [-0.2, 0) is 0 Å². The Morgan fingerprint density at radius 1 is 1.23 bits per heavy atom. The van der Waals surface area contributed by atoms with Crippen molar-refractivity contribution in [1.82, 2.24) is 20.0 Å². The van der Waals surface area contributed by atoms with Gasteiger partial charge in [-0.3, -0.25) is 0 Å². The first-order chi connectivity index (χ1) is 6.27. The van der Waals surface area contributed by atoms with E-state index in [2.05, 4.69) is 15.2 Å². The standard InChI is InChI=1S/C8H9N5/c1-6-2-3-7(8(9)12-6)13-10-4-5-11-13/h2-5H,1H3,(H2,9,12). The van der Waals surface area contributed by atoms with Gasteiger partial charge < -0.3 is 5.73 Å². The normalized spacial score (nSPS) is 10.2. The molecule has 0 fully saturated rings. The topological polar surface area (TPSA) is 69.6 Å². The first kappa shape index (κ1) is 7.72. The lowest BCUT2D eigenvalue weighted by Gasteiger charge is -2.03. The molecular formula is C8H9N5.